The van der Waals surface area contributed by atoms with Gasteiger partial charge in [-0.1, -0.05) is 31.2 Å². The Hall–Kier alpha value is -2.96. The maximum Gasteiger partial charge on any atom is 0.261 e. The Labute approximate surface area is 163 Å². The molecule has 0 fully saturated rings. The van der Waals surface area contributed by atoms with E-state index in [1.807, 2.05) is 6.92 Å². The zero-order chi connectivity index (χ0) is 20.5. The van der Waals surface area contributed by atoms with Crippen molar-refractivity contribution in [2.75, 3.05) is 13.2 Å². The van der Waals surface area contributed by atoms with Crippen LogP contribution in [0.1, 0.15) is 25.8 Å². The predicted octanol–water partition coefficient (Wildman–Crippen LogP) is 3.29. The summed E-state index contributed by atoms with van der Waals surface area (Å²) in [5, 5.41) is 2.75. The van der Waals surface area contributed by atoms with E-state index < -0.39 is 30.2 Å². The molecule has 0 radical (unpaired) electrons. The molecular weight excluding hydrogens is 366 g/mol. The fourth-order valence-corrected chi connectivity index (χ4v) is 2.55. The Morgan fingerprint density at radius 3 is 2.43 bits per heavy atom. The zero-order valence-electron chi connectivity index (χ0n) is 16.0. The molecule has 0 saturated carbocycles. The molecule has 28 heavy (non-hydrogen) atoms. The van der Waals surface area contributed by atoms with Crippen LogP contribution in [0.3, 0.4) is 0 Å². The number of nitrogens with zero attached hydrogens (tertiary/aromatic N) is 1. The standard InChI is InChI=1S/C21H24F2N2O3/c1-3-12-24-21(27)15(2)25(13-16-8-10-17(22)11-9-16)20(26)14-28-19-7-5-4-6-18(19)23/h4-11,15H,3,12-14H2,1-2H3,(H,24,27). The lowest BCUT2D eigenvalue weighted by atomic mass is 10.1. The van der Waals surface area contributed by atoms with E-state index >= 15 is 0 Å². The lowest BCUT2D eigenvalue weighted by molar-refractivity contribution is -0.142. The average molecular weight is 390 g/mol. The Bertz CT molecular complexity index is 796. The molecule has 2 amide bonds. The fraction of sp³-hybridized carbons (Fsp3) is 0.333. The summed E-state index contributed by atoms with van der Waals surface area (Å²) in [4.78, 5) is 26.4. The smallest absolute Gasteiger partial charge is 0.261 e. The van der Waals surface area contributed by atoms with E-state index in [4.69, 9.17) is 4.74 Å². The van der Waals surface area contributed by atoms with E-state index in [9.17, 15) is 18.4 Å². The molecule has 0 saturated heterocycles. The second-order valence-corrected chi connectivity index (χ2v) is 6.33. The molecule has 150 valence electrons. The topological polar surface area (TPSA) is 58.6 Å². The van der Waals surface area contributed by atoms with Gasteiger partial charge in [0.1, 0.15) is 11.9 Å². The summed E-state index contributed by atoms with van der Waals surface area (Å²) in [7, 11) is 0. The van der Waals surface area contributed by atoms with E-state index in [0.717, 1.165) is 6.42 Å². The van der Waals surface area contributed by atoms with E-state index in [1.54, 1.807) is 25.1 Å². The number of carbonyl (C=O) groups is 2. The van der Waals surface area contributed by atoms with Crippen molar-refractivity contribution < 1.29 is 23.1 Å². The monoisotopic (exact) mass is 390 g/mol. The zero-order valence-corrected chi connectivity index (χ0v) is 16.0. The molecule has 0 aromatic heterocycles. The second-order valence-electron chi connectivity index (χ2n) is 6.33. The lowest BCUT2D eigenvalue weighted by Crippen LogP contribution is -2.49. The molecule has 7 heteroatoms. The van der Waals surface area contributed by atoms with Gasteiger partial charge in [-0.2, -0.15) is 0 Å². The Morgan fingerprint density at radius 2 is 1.79 bits per heavy atom. The molecule has 0 spiro atoms. The molecule has 2 rings (SSSR count). The SMILES string of the molecule is CCCNC(=O)C(C)N(Cc1ccc(F)cc1)C(=O)COc1ccccc1F. The molecule has 0 aliphatic carbocycles. The van der Waals surface area contributed by atoms with Crippen molar-refractivity contribution in [2.45, 2.75) is 32.9 Å². The third-order valence-corrected chi connectivity index (χ3v) is 4.17. The van der Waals surface area contributed by atoms with Crippen LogP contribution < -0.4 is 10.1 Å². The summed E-state index contributed by atoms with van der Waals surface area (Å²) in [6, 6.07) is 10.7. The summed E-state index contributed by atoms with van der Waals surface area (Å²) < 4.78 is 32.1. The molecule has 1 unspecified atom stereocenters. The van der Waals surface area contributed by atoms with Crippen molar-refractivity contribution in [3.63, 3.8) is 0 Å². The maximum atomic E-state index is 13.7. The number of benzene rings is 2. The average Bonchev–Trinajstić information content (AvgIpc) is 2.70. The van der Waals surface area contributed by atoms with Gasteiger partial charge in [0, 0.05) is 13.1 Å². The first-order valence-electron chi connectivity index (χ1n) is 9.11. The van der Waals surface area contributed by atoms with Gasteiger partial charge >= 0.3 is 0 Å². The van der Waals surface area contributed by atoms with Crippen molar-refractivity contribution in [3.8, 4) is 5.75 Å². The Morgan fingerprint density at radius 1 is 1.11 bits per heavy atom. The third kappa shape index (κ3) is 6.04. The van der Waals surface area contributed by atoms with Gasteiger partial charge in [0.15, 0.2) is 18.2 Å². The molecule has 0 bridgehead atoms. The minimum absolute atomic E-state index is 0.0410. The van der Waals surface area contributed by atoms with Crippen LogP contribution in [-0.4, -0.2) is 35.9 Å². The first-order valence-corrected chi connectivity index (χ1v) is 9.11. The van der Waals surface area contributed by atoms with E-state index in [2.05, 4.69) is 5.32 Å². The molecule has 0 aliphatic heterocycles. The molecular formula is C21H24F2N2O3. The molecule has 1 N–H and O–H groups in total. The van der Waals surface area contributed by atoms with Crippen LogP contribution in [0.2, 0.25) is 0 Å². The highest BCUT2D eigenvalue weighted by molar-refractivity contribution is 5.87. The first-order chi connectivity index (χ1) is 13.4. The van der Waals surface area contributed by atoms with Gasteiger partial charge in [0.2, 0.25) is 5.91 Å². The number of hydrogen-bond acceptors (Lipinski definition) is 3. The van der Waals surface area contributed by atoms with E-state index in [1.165, 1.54) is 35.2 Å². The fourth-order valence-electron chi connectivity index (χ4n) is 2.55. The van der Waals surface area contributed by atoms with E-state index in [0.29, 0.717) is 12.1 Å². The summed E-state index contributed by atoms with van der Waals surface area (Å²) in [6.07, 6.45) is 0.765. The molecule has 5 nitrogen and oxygen atoms in total. The molecule has 2 aromatic rings. The number of nitrogens with one attached hydrogen (secondary N) is 1. The van der Waals surface area contributed by atoms with Crippen molar-refractivity contribution in [1.29, 1.82) is 0 Å². The predicted molar refractivity (Wildman–Crippen MR) is 102 cm³/mol. The third-order valence-electron chi connectivity index (χ3n) is 4.17. The minimum Gasteiger partial charge on any atom is -0.481 e. The number of carbonyl (C=O) groups excluding carboxylic acids is 2. The highest BCUT2D eigenvalue weighted by Crippen LogP contribution is 2.16. The van der Waals surface area contributed by atoms with Crippen molar-refractivity contribution in [2.24, 2.45) is 0 Å². The van der Waals surface area contributed by atoms with Crippen LogP contribution in [0, 0.1) is 11.6 Å². The molecule has 2 aromatic carbocycles. The summed E-state index contributed by atoms with van der Waals surface area (Å²) in [5.74, 6) is -1.79. The van der Waals surface area contributed by atoms with Gasteiger partial charge in [-0.3, -0.25) is 9.59 Å². The number of amides is 2. The summed E-state index contributed by atoms with van der Waals surface area (Å²) in [5.41, 5.74) is 0.663. The largest absolute Gasteiger partial charge is 0.481 e. The van der Waals surface area contributed by atoms with Gasteiger partial charge in [0.25, 0.3) is 5.91 Å². The lowest BCUT2D eigenvalue weighted by Gasteiger charge is -2.28. The van der Waals surface area contributed by atoms with Crippen molar-refractivity contribution in [1.82, 2.24) is 10.2 Å². The maximum absolute atomic E-state index is 13.7. The first kappa shape index (κ1) is 21.3. The second kappa shape index (κ2) is 10.4. The molecule has 0 aliphatic rings. The van der Waals surface area contributed by atoms with Crippen LogP contribution in [0.4, 0.5) is 8.78 Å². The number of hydrogen-bond donors (Lipinski definition) is 1. The highest BCUT2D eigenvalue weighted by Gasteiger charge is 2.26. The number of para-hydroxylation sites is 1. The van der Waals surface area contributed by atoms with Crippen LogP contribution in [-0.2, 0) is 16.1 Å². The highest BCUT2D eigenvalue weighted by atomic mass is 19.1. The quantitative estimate of drug-likeness (QED) is 0.715. The summed E-state index contributed by atoms with van der Waals surface area (Å²) in [6.45, 7) is 3.70. The normalized spacial score (nSPS) is 11.6. The van der Waals surface area contributed by atoms with Crippen LogP contribution in [0.5, 0.6) is 5.75 Å². The number of rotatable bonds is 9. The molecule has 1 atom stereocenters. The summed E-state index contributed by atoms with van der Waals surface area (Å²) >= 11 is 0. The minimum atomic E-state index is -0.770. The van der Waals surface area contributed by atoms with Gasteiger partial charge in [0.05, 0.1) is 0 Å². The van der Waals surface area contributed by atoms with Crippen molar-refractivity contribution in [3.05, 3.63) is 65.7 Å². The Kier molecular flexibility index (Phi) is 7.92. The van der Waals surface area contributed by atoms with E-state index in [-0.39, 0.29) is 18.2 Å². The van der Waals surface area contributed by atoms with Gasteiger partial charge in [-0.15, -0.1) is 0 Å². The van der Waals surface area contributed by atoms with Crippen LogP contribution in [0.15, 0.2) is 48.5 Å². The van der Waals surface area contributed by atoms with Crippen LogP contribution in [0.25, 0.3) is 0 Å². The van der Waals surface area contributed by atoms with Gasteiger partial charge < -0.3 is 15.0 Å². The van der Waals surface area contributed by atoms with Crippen LogP contribution >= 0.6 is 0 Å². The van der Waals surface area contributed by atoms with Crippen molar-refractivity contribution >= 4 is 11.8 Å². The van der Waals surface area contributed by atoms with Gasteiger partial charge in [-0.25, -0.2) is 8.78 Å². The number of ether oxygens (including phenoxy) is 1. The van der Waals surface area contributed by atoms with Gasteiger partial charge in [-0.05, 0) is 43.2 Å². The number of halogens is 2. The molecule has 0 heterocycles. The Balaban J connectivity index is 2.13.